The molecule has 1 aliphatic carbocycles. The molecule has 2 fully saturated rings. The van der Waals surface area contributed by atoms with Crippen LogP contribution < -0.4 is 20.5 Å². The van der Waals surface area contributed by atoms with Crippen molar-refractivity contribution >= 4 is 22.6 Å². The number of primary amides is 1. The molecule has 0 unspecified atom stereocenters. The highest BCUT2D eigenvalue weighted by Crippen LogP contribution is 2.59. The summed E-state index contributed by atoms with van der Waals surface area (Å²) in [4.78, 5) is 27.5. The molecular formula is C18H18FN3O4. The molecule has 1 aliphatic heterocycles. The zero-order valence-electron chi connectivity index (χ0n) is 14.3. The highest BCUT2D eigenvalue weighted by atomic mass is 19.1. The molecule has 1 aromatic carbocycles. The number of ether oxygens (including phenoxy) is 2. The minimum absolute atomic E-state index is 0.110. The Morgan fingerprint density at radius 1 is 1.46 bits per heavy atom. The van der Waals surface area contributed by atoms with Gasteiger partial charge >= 0.3 is 0 Å². The smallest absolute Gasteiger partial charge is 0.258 e. The normalized spacial score (nSPS) is 29.2. The molecule has 7 nitrogen and oxygen atoms in total. The number of carbonyl (C=O) groups excluding carboxylic acids is 2. The summed E-state index contributed by atoms with van der Waals surface area (Å²) in [5.74, 6) is -1.21. The van der Waals surface area contributed by atoms with Gasteiger partial charge in [0, 0.05) is 23.4 Å². The molecule has 0 radical (unpaired) electrons. The highest BCUT2D eigenvalue weighted by molar-refractivity contribution is 6.01. The molecule has 3 N–H and O–H groups in total. The van der Waals surface area contributed by atoms with E-state index >= 15 is 0 Å². The molecule has 2 aliphatic rings. The minimum Gasteiger partial charge on any atom is -0.496 e. The predicted molar refractivity (Wildman–Crippen MR) is 90.7 cm³/mol. The monoisotopic (exact) mass is 359 g/mol. The number of nitrogens with one attached hydrogen (secondary N) is 1. The maximum Gasteiger partial charge on any atom is 0.258 e. The molecule has 1 saturated carbocycles. The second-order valence-electron chi connectivity index (χ2n) is 6.73. The van der Waals surface area contributed by atoms with E-state index in [1.54, 1.807) is 31.3 Å². The Morgan fingerprint density at radius 2 is 2.23 bits per heavy atom. The van der Waals surface area contributed by atoms with Gasteiger partial charge in [-0.2, -0.15) is 0 Å². The topological polar surface area (TPSA) is 104 Å². The van der Waals surface area contributed by atoms with Gasteiger partial charge in [-0.15, -0.1) is 0 Å². The maximum atomic E-state index is 14.4. The Bertz CT molecular complexity index is 934. The molecule has 8 heteroatoms. The number of amides is 2. The van der Waals surface area contributed by atoms with E-state index in [1.807, 2.05) is 0 Å². The van der Waals surface area contributed by atoms with Crippen molar-refractivity contribution in [2.45, 2.75) is 18.6 Å². The number of piperidine rings is 1. The molecule has 136 valence electrons. The summed E-state index contributed by atoms with van der Waals surface area (Å²) in [7, 11) is 1.44. The number of alkyl halides is 1. The third-order valence-electron chi connectivity index (χ3n) is 5.39. The Hall–Kier alpha value is -2.90. The van der Waals surface area contributed by atoms with Crippen molar-refractivity contribution in [2.75, 3.05) is 13.7 Å². The first-order valence-electron chi connectivity index (χ1n) is 8.27. The average Bonchev–Trinajstić information content (AvgIpc) is 3.07. The van der Waals surface area contributed by atoms with Gasteiger partial charge in [0.05, 0.1) is 18.7 Å². The van der Waals surface area contributed by atoms with E-state index in [9.17, 15) is 14.0 Å². The van der Waals surface area contributed by atoms with E-state index in [2.05, 4.69) is 10.3 Å². The largest absolute Gasteiger partial charge is 0.496 e. The standard InChI is InChI=1S/C18H18FN3O4/c1-8-14-12(22-17(24)18(8,14)19)7-26-16-10-6-13(25-2)11(15(20)23)5-9(10)3-4-21-16/h3-6,8,12,14H,7H2,1-2H3,(H2,20,23)(H,22,24)/t8-,12-,14+,18+/m1/s1. The predicted octanol–water partition coefficient (Wildman–Crippen LogP) is 1.19. The fourth-order valence-corrected chi connectivity index (χ4v) is 3.89. The number of carbonyl (C=O) groups is 2. The van der Waals surface area contributed by atoms with Gasteiger partial charge in [-0.05, 0) is 23.6 Å². The fraction of sp³-hybridized carbons (Fsp3) is 0.389. The molecule has 1 saturated heterocycles. The molecule has 2 aromatic rings. The molecule has 4 atom stereocenters. The van der Waals surface area contributed by atoms with Gasteiger partial charge in [0.2, 0.25) is 5.88 Å². The van der Waals surface area contributed by atoms with Crippen molar-refractivity contribution < 1.29 is 23.5 Å². The fourth-order valence-electron chi connectivity index (χ4n) is 3.89. The summed E-state index contributed by atoms with van der Waals surface area (Å²) in [6, 6.07) is 4.56. The SMILES string of the molecule is COc1cc2c(OC[C@H]3NC(=O)[C@@]4(F)[C@H]3[C@H]4C)nccc2cc1C(N)=O. The molecule has 26 heavy (non-hydrogen) atoms. The highest BCUT2D eigenvalue weighted by Gasteiger charge is 2.75. The van der Waals surface area contributed by atoms with Crippen LogP contribution in [0.3, 0.4) is 0 Å². The lowest BCUT2D eigenvalue weighted by Crippen LogP contribution is -2.38. The van der Waals surface area contributed by atoms with E-state index in [1.165, 1.54) is 7.11 Å². The summed E-state index contributed by atoms with van der Waals surface area (Å²) in [5.41, 5.74) is 3.87. The van der Waals surface area contributed by atoms with Crippen LogP contribution in [0.15, 0.2) is 24.4 Å². The van der Waals surface area contributed by atoms with Crippen LogP contribution >= 0.6 is 0 Å². The number of methoxy groups -OCH3 is 1. The first kappa shape index (κ1) is 16.6. The molecule has 4 rings (SSSR count). The van der Waals surface area contributed by atoms with Crippen LogP contribution in [0.4, 0.5) is 4.39 Å². The van der Waals surface area contributed by atoms with Crippen LogP contribution in [0.2, 0.25) is 0 Å². The van der Waals surface area contributed by atoms with Gasteiger partial charge in [-0.25, -0.2) is 9.37 Å². The van der Waals surface area contributed by atoms with Gasteiger partial charge in [0.25, 0.3) is 11.8 Å². The number of halogens is 1. The molecule has 0 bridgehead atoms. The van der Waals surface area contributed by atoms with E-state index in [-0.39, 0.29) is 24.0 Å². The Morgan fingerprint density at radius 3 is 2.85 bits per heavy atom. The number of nitrogens with zero attached hydrogens (tertiary/aromatic N) is 1. The van der Waals surface area contributed by atoms with Crippen molar-refractivity contribution in [1.29, 1.82) is 0 Å². The average molecular weight is 359 g/mol. The molecule has 2 amide bonds. The Kier molecular flexibility index (Phi) is 3.54. The Labute approximate surface area is 148 Å². The summed E-state index contributed by atoms with van der Waals surface area (Å²) in [5, 5.41) is 3.98. The molecule has 0 spiro atoms. The zero-order valence-corrected chi connectivity index (χ0v) is 14.3. The zero-order chi connectivity index (χ0) is 18.6. The Balaban J connectivity index is 1.61. The third kappa shape index (κ3) is 2.21. The summed E-state index contributed by atoms with van der Waals surface area (Å²) >= 11 is 0. The molecule has 1 aromatic heterocycles. The van der Waals surface area contributed by atoms with Crippen molar-refractivity contribution in [3.63, 3.8) is 0 Å². The van der Waals surface area contributed by atoms with Crippen molar-refractivity contribution in [2.24, 2.45) is 17.6 Å². The second kappa shape index (κ2) is 5.55. The van der Waals surface area contributed by atoms with Gasteiger partial charge < -0.3 is 20.5 Å². The quantitative estimate of drug-likeness (QED) is 0.835. The van der Waals surface area contributed by atoms with Crippen LogP contribution in [-0.4, -0.2) is 42.2 Å². The van der Waals surface area contributed by atoms with E-state index in [0.29, 0.717) is 22.4 Å². The number of rotatable bonds is 5. The number of hydrogen-bond donors (Lipinski definition) is 2. The summed E-state index contributed by atoms with van der Waals surface area (Å²) in [6.45, 7) is 1.83. The van der Waals surface area contributed by atoms with Gasteiger partial charge in [0.15, 0.2) is 5.67 Å². The third-order valence-corrected chi connectivity index (χ3v) is 5.39. The summed E-state index contributed by atoms with van der Waals surface area (Å²) in [6.07, 6.45) is 1.54. The first-order valence-corrected chi connectivity index (χ1v) is 8.27. The number of aromatic nitrogens is 1. The minimum atomic E-state index is -1.76. The molecular weight excluding hydrogens is 341 g/mol. The van der Waals surface area contributed by atoms with Crippen LogP contribution in [0.5, 0.6) is 11.6 Å². The maximum absolute atomic E-state index is 14.4. The second-order valence-corrected chi connectivity index (χ2v) is 6.73. The van der Waals surface area contributed by atoms with Crippen LogP contribution in [0, 0.1) is 11.8 Å². The van der Waals surface area contributed by atoms with Gasteiger partial charge in [0.1, 0.15) is 12.4 Å². The van der Waals surface area contributed by atoms with Gasteiger partial charge in [-0.1, -0.05) is 6.92 Å². The van der Waals surface area contributed by atoms with Crippen molar-refractivity contribution in [3.05, 3.63) is 30.0 Å². The van der Waals surface area contributed by atoms with Crippen LogP contribution in [0.25, 0.3) is 10.8 Å². The van der Waals surface area contributed by atoms with Crippen molar-refractivity contribution in [1.82, 2.24) is 10.3 Å². The lowest BCUT2D eigenvalue weighted by atomic mass is 10.1. The van der Waals surface area contributed by atoms with Crippen molar-refractivity contribution in [3.8, 4) is 11.6 Å². The molecule has 2 heterocycles. The van der Waals surface area contributed by atoms with Crippen LogP contribution in [-0.2, 0) is 4.79 Å². The lowest BCUT2D eigenvalue weighted by Gasteiger charge is -2.16. The van der Waals surface area contributed by atoms with E-state index in [0.717, 1.165) is 0 Å². The number of benzene rings is 1. The lowest BCUT2D eigenvalue weighted by molar-refractivity contribution is -0.126. The number of hydrogen-bond acceptors (Lipinski definition) is 5. The van der Waals surface area contributed by atoms with Crippen LogP contribution in [0.1, 0.15) is 17.3 Å². The van der Waals surface area contributed by atoms with Gasteiger partial charge in [-0.3, -0.25) is 9.59 Å². The van der Waals surface area contributed by atoms with E-state index in [4.69, 9.17) is 15.2 Å². The number of nitrogens with two attached hydrogens (primary N) is 1. The first-order chi connectivity index (χ1) is 12.4. The van der Waals surface area contributed by atoms with E-state index < -0.39 is 23.5 Å². The number of fused-ring (bicyclic) bond motifs is 2. The number of pyridine rings is 1. The summed E-state index contributed by atoms with van der Waals surface area (Å²) < 4.78 is 25.4.